The minimum Gasteiger partial charge on any atom is -0.269 e. The topological polar surface area (TPSA) is 34.9 Å². The number of hydrogen-bond acceptors (Lipinski definition) is 2. The van der Waals surface area contributed by atoms with E-state index in [0.717, 1.165) is 6.07 Å². The van der Waals surface area contributed by atoms with Crippen molar-refractivity contribution in [2.45, 2.75) is 6.18 Å². The summed E-state index contributed by atoms with van der Waals surface area (Å²) in [5, 5.41) is 1.18. The summed E-state index contributed by atoms with van der Waals surface area (Å²) in [7, 11) is 0. The van der Waals surface area contributed by atoms with E-state index in [9.17, 15) is 18.0 Å². The quantitative estimate of drug-likeness (QED) is 0.509. The van der Waals surface area contributed by atoms with E-state index in [2.05, 4.69) is 4.98 Å². The summed E-state index contributed by atoms with van der Waals surface area (Å²) in [6.45, 7) is 0. The van der Waals surface area contributed by atoms with Crippen molar-refractivity contribution in [2.24, 2.45) is 0 Å². The lowest BCUT2D eigenvalue weighted by Gasteiger charge is -2.15. The van der Waals surface area contributed by atoms with E-state index in [-0.39, 0.29) is 11.1 Å². The van der Waals surface area contributed by atoms with Gasteiger partial charge in [0.25, 0.3) is 5.56 Å². The van der Waals surface area contributed by atoms with Crippen molar-refractivity contribution in [3.05, 3.63) is 82.8 Å². The highest BCUT2D eigenvalue weighted by Crippen LogP contribution is 2.36. The zero-order valence-electron chi connectivity index (χ0n) is 12.8. The molecule has 4 aromatic rings. The van der Waals surface area contributed by atoms with Crippen LogP contribution in [0.4, 0.5) is 13.2 Å². The molecule has 0 N–H and O–H groups in total. The van der Waals surface area contributed by atoms with Gasteiger partial charge < -0.3 is 0 Å². The van der Waals surface area contributed by atoms with Gasteiger partial charge in [-0.2, -0.15) is 13.2 Å². The Morgan fingerprint density at radius 1 is 0.880 bits per heavy atom. The number of halogens is 3. The summed E-state index contributed by atoms with van der Waals surface area (Å²) < 4.78 is 41.8. The smallest absolute Gasteiger partial charge is 0.269 e. The standard InChI is InChI=1S/C19H11F3N2O/c20-19(21,22)16-11-14(10-13-4-1-2-6-15(13)16)24-17(25)8-7-12-5-3-9-23-18(12)24/h1-11H. The highest BCUT2D eigenvalue weighted by molar-refractivity contribution is 5.89. The molecule has 124 valence electrons. The fraction of sp³-hybridized carbons (Fsp3) is 0.0526. The zero-order chi connectivity index (χ0) is 17.6. The van der Waals surface area contributed by atoms with Crippen molar-refractivity contribution in [1.29, 1.82) is 0 Å². The lowest BCUT2D eigenvalue weighted by Crippen LogP contribution is -2.19. The van der Waals surface area contributed by atoms with Crippen LogP contribution in [-0.4, -0.2) is 9.55 Å². The number of hydrogen-bond donors (Lipinski definition) is 0. The number of pyridine rings is 2. The Balaban J connectivity index is 2.13. The highest BCUT2D eigenvalue weighted by Gasteiger charge is 2.33. The van der Waals surface area contributed by atoms with Crippen LogP contribution in [0.25, 0.3) is 27.5 Å². The number of nitrogens with zero attached hydrogens (tertiary/aromatic N) is 2. The van der Waals surface area contributed by atoms with E-state index in [1.165, 1.54) is 22.9 Å². The Kier molecular flexibility index (Phi) is 3.35. The molecule has 0 saturated carbocycles. The maximum Gasteiger partial charge on any atom is 0.417 e. The first-order valence-electron chi connectivity index (χ1n) is 7.52. The van der Waals surface area contributed by atoms with Crippen LogP contribution in [0.2, 0.25) is 0 Å². The molecule has 2 heterocycles. The van der Waals surface area contributed by atoms with E-state index in [1.807, 2.05) is 0 Å². The molecular formula is C19H11F3N2O. The molecule has 0 aliphatic heterocycles. The number of rotatable bonds is 1. The highest BCUT2D eigenvalue weighted by atomic mass is 19.4. The zero-order valence-corrected chi connectivity index (χ0v) is 12.8. The molecule has 0 unspecified atom stereocenters. The molecule has 4 rings (SSSR count). The first-order chi connectivity index (χ1) is 11.9. The van der Waals surface area contributed by atoms with Gasteiger partial charge in [-0.3, -0.25) is 9.36 Å². The van der Waals surface area contributed by atoms with E-state index < -0.39 is 17.3 Å². The monoisotopic (exact) mass is 340 g/mol. The van der Waals surface area contributed by atoms with Crippen LogP contribution in [0.15, 0.2) is 71.7 Å². The van der Waals surface area contributed by atoms with Crippen molar-refractivity contribution in [3.8, 4) is 5.69 Å². The van der Waals surface area contributed by atoms with E-state index >= 15 is 0 Å². The van der Waals surface area contributed by atoms with Gasteiger partial charge in [0.05, 0.1) is 11.3 Å². The van der Waals surface area contributed by atoms with Crippen molar-refractivity contribution >= 4 is 21.8 Å². The summed E-state index contributed by atoms with van der Waals surface area (Å²) in [6.07, 6.45) is -3.03. The van der Waals surface area contributed by atoms with Gasteiger partial charge in [-0.1, -0.05) is 24.3 Å². The summed E-state index contributed by atoms with van der Waals surface area (Å²) in [4.78, 5) is 16.5. The minimum absolute atomic E-state index is 0.0972. The molecule has 6 heteroatoms. The number of benzene rings is 2. The third-order valence-corrected chi connectivity index (χ3v) is 4.06. The van der Waals surface area contributed by atoms with E-state index in [4.69, 9.17) is 0 Å². The van der Waals surface area contributed by atoms with Gasteiger partial charge in [-0.15, -0.1) is 0 Å². The first kappa shape index (κ1) is 15.4. The third-order valence-electron chi connectivity index (χ3n) is 4.06. The van der Waals surface area contributed by atoms with Crippen LogP contribution < -0.4 is 5.56 Å². The second-order valence-corrected chi connectivity index (χ2v) is 5.64. The van der Waals surface area contributed by atoms with Gasteiger partial charge >= 0.3 is 6.18 Å². The fourth-order valence-corrected chi connectivity index (χ4v) is 2.97. The maximum absolute atomic E-state index is 13.5. The largest absolute Gasteiger partial charge is 0.417 e. The Morgan fingerprint density at radius 3 is 2.44 bits per heavy atom. The summed E-state index contributed by atoms with van der Waals surface area (Å²) >= 11 is 0. The molecule has 0 radical (unpaired) electrons. The van der Waals surface area contributed by atoms with Gasteiger partial charge in [0.1, 0.15) is 5.65 Å². The molecule has 25 heavy (non-hydrogen) atoms. The van der Waals surface area contributed by atoms with Crippen LogP contribution in [-0.2, 0) is 6.18 Å². The fourth-order valence-electron chi connectivity index (χ4n) is 2.97. The molecule has 0 aliphatic carbocycles. The van der Waals surface area contributed by atoms with Crippen molar-refractivity contribution in [2.75, 3.05) is 0 Å². The van der Waals surface area contributed by atoms with Crippen molar-refractivity contribution < 1.29 is 13.2 Å². The van der Waals surface area contributed by atoms with Gasteiger partial charge in [-0.05, 0) is 41.1 Å². The summed E-state index contributed by atoms with van der Waals surface area (Å²) in [5.74, 6) is 0. The normalized spacial score (nSPS) is 12.0. The molecule has 0 saturated heterocycles. The second kappa shape index (κ2) is 5.44. The molecule has 0 amide bonds. The van der Waals surface area contributed by atoms with E-state index in [1.54, 1.807) is 42.5 Å². The lowest BCUT2D eigenvalue weighted by atomic mass is 10.0. The average molecular weight is 340 g/mol. The Hall–Kier alpha value is -3.15. The average Bonchev–Trinajstić information content (AvgIpc) is 2.60. The molecule has 0 bridgehead atoms. The van der Waals surface area contributed by atoms with Crippen LogP contribution in [0.1, 0.15) is 5.56 Å². The number of aromatic nitrogens is 2. The molecule has 3 nitrogen and oxygen atoms in total. The Labute approximate surface area is 140 Å². The van der Waals surface area contributed by atoms with Crippen molar-refractivity contribution in [1.82, 2.24) is 9.55 Å². The maximum atomic E-state index is 13.5. The van der Waals surface area contributed by atoms with Gasteiger partial charge in [-0.25, -0.2) is 4.98 Å². The van der Waals surface area contributed by atoms with Gasteiger partial charge in [0.15, 0.2) is 0 Å². The van der Waals surface area contributed by atoms with E-state index in [0.29, 0.717) is 16.4 Å². The van der Waals surface area contributed by atoms with Crippen LogP contribution in [0.5, 0.6) is 0 Å². The summed E-state index contributed by atoms with van der Waals surface area (Å²) in [6, 6.07) is 15.2. The predicted octanol–water partition coefficient (Wildman–Crippen LogP) is 4.56. The third kappa shape index (κ3) is 2.55. The second-order valence-electron chi connectivity index (χ2n) is 5.64. The Morgan fingerprint density at radius 2 is 1.64 bits per heavy atom. The predicted molar refractivity (Wildman–Crippen MR) is 89.8 cm³/mol. The van der Waals surface area contributed by atoms with Crippen LogP contribution in [0, 0.1) is 0 Å². The SMILES string of the molecule is O=c1ccc2cccnc2n1-c1cc(C(F)(F)F)c2ccccc2c1. The summed E-state index contributed by atoms with van der Waals surface area (Å²) in [5.41, 5.74) is -0.756. The molecule has 0 aliphatic rings. The van der Waals surface area contributed by atoms with Gasteiger partial charge in [0.2, 0.25) is 0 Å². The number of fused-ring (bicyclic) bond motifs is 2. The molecular weight excluding hydrogens is 329 g/mol. The minimum atomic E-state index is -4.53. The van der Waals surface area contributed by atoms with Crippen LogP contribution in [0.3, 0.4) is 0 Å². The Bertz CT molecular complexity index is 1160. The van der Waals surface area contributed by atoms with Crippen LogP contribution >= 0.6 is 0 Å². The first-order valence-corrected chi connectivity index (χ1v) is 7.52. The molecule has 2 aromatic heterocycles. The molecule has 0 fully saturated rings. The molecule has 2 aromatic carbocycles. The van der Waals surface area contributed by atoms with Gasteiger partial charge in [0, 0.05) is 17.6 Å². The molecule has 0 spiro atoms. The lowest BCUT2D eigenvalue weighted by molar-refractivity contribution is -0.136. The number of alkyl halides is 3. The van der Waals surface area contributed by atoms with Crippen molar-refractivity contribution in [3.63, 3.8) is 0 Å². The molecule has 0 atom stereocenters.